The van der Waals surface area contributed by atoms with E-state index in [1.165, 1.54) is 22.5 Å². The first-order chi connectivity index (χ1) is 15.5. The van der Waals surface area contributed by atoms with Crippen LogP contribution in [-0.2, 0) is 17.6 Å². The number of benzene rings is 2. The van der Waals surface area contributed by atoms with Gasteiger partial charge in [0.05, 0.1) is 6.10 Å². The molecule has 7 heteroatoms. The Hall–Kier alpha value is -2.64. The standard InChI is InChI=1S/C25H24ClNO4S/c26-19-3-1-2-17(12-19)23(28)15-27-20-6-4-16-5-7-21(14-18(16)13-20)31-25-11-9-22(32-25)8-10-24(29)30/h1-3,5,7-12,14,20,23,27-28H,4,6,13,15H2,(H,29,30)/t20-,23+/m0/s1. The minimum absolute atomic E-state index is 0.279. The van der Waals surface area contributed by atoms with Crippen LogP contribution >= 0.6 is 22.9 Å². The van der Waals surface area contributed by atoms with Crippen LogP contribution in [0.5, 0.6) is 10.8 Å². The summed E-state index contributed by atoms with van der Waals surface area (Å²) in [5.74, 6) is -0.210. The first-order valence-electron chi connectivity index (χ1n) is 10.4. The molecule has 3 N–H and O–H groups in total. The van der Waals surface area contributed by atoms with Crippen LogP contribution in [0.3, 0.4) is 0 Å². The molecule has 0 fully saturated rings. The summed E-state index contributed by atoms with van der Waals surface area (Å²) in [6.07, 6.45) is 4.92. The van der Waals surface area contributed by atoms with Crippen molar-refractivity contribution in [1.29, 1.82) is 0 Å². The number of nitrogens with one attached hydrogen (secondary N) is 1. The average Bonchev–Trinajstić information content (AvgIpc) is 3.23. The monoisotopic (exact) mass is 469 g/mol. The Morgan fingerprint density at radius 3 is 2.91 bits per heavy atom. The number of aliphatic hydroxyl groups excluding tert-OH is 1. The normalized spacial score (nSPS) is 16.6. The molecule has 2 atom stereocenters. The van der Waals surface area contributed by atoms with Crippen LogP contribution in [0.1, 0.15) is 34.1 Å². The number of carboxylic acids is 1. The molecule has 2 aromatic carbocycles. The summed E-state index contributed by atoms with van der Waals surface area (Å²) in [5, 5.41) is 24.0. The highest BCUT2D eigenvalue weighted by molar-refractivity contribution is 7.14. The molecular weight excluding hydrogens is 446 g/mol. The maximum atomic E-state index is 10.7. The van der Waals surface area contributed by atoms with E-state index < -0.39 is 12.1 Å². The average molecular weight is 470 g/mol. The van der Waals surface area contributed by atoms with Crippen LogP contribution in [0, 0.1) is 0 Å². The van der Waals surface area contributed by atoms with E-state index in [0.717, 1.165) is 41.5 Å². The van der Waals surface area contributed by atoms with Gasteiger partial charge in [-0.15, -0.1) is 0 Å². The minimum atomic E-state index is -0.973. The third-order valence-electron chi connectivity index (χ3n) is 5.45. The zero-order chi connectivity index (χ0) is 22.5. The number of carbonyl (C=O) groups is 1. The SMILES string of the molecule is O=C(O)C=Cc1ccc(Oc2ccc3c(c2)C[C@@H](NC[C@@H](O)c2cccc(Cl)c2)CC3)s1. The number of halogens is 1. The van der Waals surface area contributed by atoms with Crippen molar-refractivity contribution < 1.29 is 19.7 Å². The number of fused-ring (bicyclic) bond motifs is 1. The molecule has 4 rings (SSSR count). The molecule has 0 saturated carbocycles. The van der Waals surface area contributed by atoms with Crippen molar-refractivity contribution in [3.63, 3.8) is 0 Å². The van der Waals surface area contributed by atoms with E-state index in [9.17, 15) is 9.90 Å². The molecular formula is C25H24ClNO4S. The van der Waals surface area contributed by atoms with Gasteiger partial charge in [0, 0.05) is 28.6 Å². The van der Waals surface area contributed by atoms with Crippen molar-refractivity contribution in [2.24, 2.45) is 0 Å². The van der Waals surface area contributed by atoms with E-state index in [2.05, 4.69) is 17.4 Å². The highest BCUT2D eigenvalue weighted by atomic mass is 35.5. The molecule has 5 nitrogen and oxygen atoms in total. The fourth-order valence-corrected chi connectivity index (χ4v) is 4.81. The van der Waals surface area contributed by atoms with Crippen molar-refractivity contribution in [3.05, 3.63) is 87.3 Å². The first-order valence-corrected chi connectivity index (χ1v) is 11.6. The zero-order valence-corrected chi connectivity index (χ0v) is 18.9. The number of hydrogen-bond donors (Lipinski definition) is 3. The Balaban J connectivity index is 1.36. The molecule has 1 aliphatic carbocycles. The lowest BCUT2D eigenvalue weighted by molar-refractivity contribution is -0.131. The highest BCUT2D eigenvalue weighted by Gasteiger charge is 2.20. The van der Waals surface area contributed by atoms with Crippen LogP contribution in [0.2, 0.25) is 5.02 Å². The Morgan fingerprint density at radius 2 is 2.09 bits per heavy atom. The molecule has 1 heterocycles. The lowest BCUT2D eigenvalue weighted by atomic mass is 9.88. The number of aliphatic carboxylic acids is 1. The lowest BCUT2D eigenvalue weighted by Crippen LogP contribution is -2.37. The number of ether oxygens (including phenoxy) is 1. The van der Waals surface area contributed by atoms with E-state index in [0.29, 0.717) is 16.6 Å². The van der Waals surface area contributed by atoms with Gasteiger partial charge in [-0.1, -0.05) is 41.1 Å². The third kappa shape index (κ3) is 5.99. The van der Waals surface area contributed by atoms with Crippen LogP contribution in [0.15, 0.2) is 60.7 Å². The van der Waals surface area contributed by atoms with Gasteiger partial charge in [-0.3, -0.25) is 0 Å². The van der Waals surface area contributed by atoms with Crippen molar-refractivity contribution >= 4 is 35.0 Å². The van der Waals surface area contributed by atoms with Gasteiger partial charge in [0.15, 0.2) is 5.06 Å². The Bertz CT molecular complexity index is 1130. The maximum Gasteiger partial charge on any atom is 0.328 e. The Morgan fingerprint density at radius 1 is 1.22 bits per heavy atom. The number of thiophene rings is 1. The molecule has 3 aromatic rings. The van der Waals surface area contributed by atoms with Gasteiger partial charge in [0.1, 0.15) is 5.75 Å². The van der Waals surface area contributed by atoms with E-state index in [4.69, 9.17) is 21.4 Å². The predicted octanol–water partition coefficient (Wildman–Crippen LogP) is 5.47. The summed E-state index contributed by atoms with van der Waals surface area (Å²) >= 11 is 7.42. The number of aliphatic hydroxyl groups is 1. The van der Waals surface area contributed by atoms with E-state index in [1.54, 1.807) is 18.2 Å². The van der Waals surface area contributed by atoms with Gasteiger partial charge in [-0.05, 0) is 78.4 Å². The third-order valence-corrected chi connectivity index (χ3v) is 6.61. The predicted molar refractivity (Wildman–Crippen MR) is 128 cm³/mol. The van der Waals surface area contributed by atoms with Crippen LogP contribution < -0.4 is 10.1 Å². The summed E-state index contributed by atoms with van der Waals surface area (Å²) in [5.41, 5.74) is 3.37. The maximum absolute atomic E-state index is 10.7. The quantitative estimate of drug-likeness (QED) is 0.381. The summed E-state index contributed by atoms with van der Waals surface area (Å²) in [6, 6.07) is 17.4. The molecule has 0 spiro atoms. The van der Waals surface area contributed by atoms with Gasteiger partial charge in [-0.2, -0.15) is 0 Å². The van der Waals surface area contributed by atoms with E-state index in [1.807, 2.05) is 30.3 Å². The number of aryl methyl sites for hydroxylation is 1. The summed E-state index contributed by atoms with van der Waals surface area (Å²) in [7, 11) is 0. The first kappa shape index (κ1) is 22.6. The van der Waals surface area contributed by atoms with Gasteiger partial charge < -0.3 is 20.3 Å². The Labute approximate surface area is 195 Å². The number of carboxylic acid groups (broad SMARTS) is 1. The van der Waals surface area contributed by atoms with Crippen LogP contribution in [0.4, 0.5) is 0 Å². The lowest BCUT2D eigenvalue weighted by Gasteiger charge is -2.27. The number of rotatable bonds is 8. The Kier molecular flexibility index (Phi) is 7.27. The molecule has 0 radical (unpaired) electrons. The molecule has 1 aliphatic rings. The second kappa shape index (κ2) is 10.3. The van der Waals surface area contributed by atoms with Crippen LogP contribution in [0.25, 0.3) is 6.08 Å². The summed E-state index contributed by atoms with van der Waals surface area (Å²) < 4.78 is 6.00. The number of hydrogen-bond acceptors (Lipinski definition) is 5. The molecule has 0 unspecified atom stereocenters. The highest BCUT2D eigenvalue weighted by Crippen LogP contribution is 2.33. The van der Waals surface area contributed by atoms with Crippen molar-refractivity contribution in [2.75, 3.05) is 6.54 Å². The van der Waals surface area contributed by atoms with E-state index in [-0.39, 0.29) is 6.04 Å². The van der Waals surface area contributed by atoms with Crippen LogP contribution in [-0.4, -0.2) is 28.8 Å². The fourth-order valence-electron chi connectivity index (χ4n) is 3.83. The minimum Gasteiger partial charge on any atom is -0.478 e. The van der Waals surface area contributed by atoms with Gasteiger partial charge in [0.25, 0.3) is 0 Å². The topological polar surface area (TPSA) is 78.8 Å². The second-order valence-electron chi connectivity index (χ2n) is 7.78. The van der Waals surface area contributed by atoms with E-state index >= 15 is 0 Å². The molecule has 32 heavy (non-hydrogen) atoms. The molecule has 0 amide bonds. The smallest absolute Gasteiger partial charge is 0.328 e. The summed E-state index contributed by atoms with van der Waals surface area (Å²) in [4.78, 5) is 11.5. The summed E-state index contributed by atoms with van der Waals surface area (Å²) in [6.45, 7) is 0.471. The molecule has 0 saturated heterocycles. The van der Waals surface area contributed by atoms with Crippen molar-refractivity contribution in [3.8, 4) is 10.8 Å². The van der Waals surface area contributed by atoms with Crippen molar-refractivity contribution in [2.45, 2.75) is 31.4 Å². The fraction of sp³-hybridized carbons (Fsp3) is 0.240. The molecule has 1 aromatic heterocycles. The van der Waals surface area contributed by atoms with Gasteiger partial charge in [0.2, 0.25) is 0 Å². The second-order valence-corrected chi connectivity index (χ2v) is 9.29. The molecule has 0 bridgehead atoms. The molecule has 0 aliphatic heterocycles. The van der Waals surface area contributed by atoms with Crippen molar-refractivity contribution in [1.82, 2.24) is 5.32 Å². The van der Waals surface area contributed by atoms with Gasteiger partial charge in [-0.25, -0.2) is 4.79 Å². The zero-order valence-electron chi connectivity index (χ0n) is 17.3. The largest absolute Gasteiger partial charge is 0.478 e. The molecule has 166 valence electrons. The van der Waals surface area contributed by atoms with Gasteiger partial charge >= 0.3 is 5.97 Å².